The van der Waals surface area contributed by atoms with Gasteiger partial charge in [0.05, 0.1) is 5.41 Å². The summed E-state index contributed by atoms with van der Waals surface area (Å²) in [7, 11) is 6.02. The van der Waals surface area contributed by atoms with E-state index in [9.17, 15) is 4.79 Å². The molecule has 0 radical (unpaired) electrons. The monoisotopic (exact) mass is 274 g/mol. The summed E-state index contributed by atoms with van der Waals surface area (Å²) in [5.41, 5.74) is 0.918. The second-order valence-electron chi connectivity index (χ2n) is 6.19. The Balaban J connectivity index is 2.18. The number of rotatable bonds is 5. The molecule has 1 amide bonds. The molecule has 3 heteroatoms. The molecule has 20 heavy (non-hydrogen) atoms. The second kappa shape index (κ2) is 6.40. The van der Waals surface area contributed by atoms with Crippen molar-refractivity contribution >= 4 is 5.91 Å². The molecule has 0 unspecified atom stereocenters. The fraction of sp³-hybridized carbons (Fsp3) is 0.588. The first-order chi connectivity index (χ1) is 9.56. The number of likely N-dealkylation sites (N-methyl/N-ethyl adjacent to an activating group) is 2. The molecular weight excluding hydrogens is 248 g/mol. The third kappa shape index (κ3) is 3.04. The molecule has 1 aromatic carbocycles. The number of carbonyl (C=O) groups excluding carboxylic acids is 1. The molecule has 0 aliphatic heterocycles. The van der Waals surface area contributed by atoms with E-state index in [1.165, 1.54) is 5.56 Å². The largest absolute Gasteiger partial charge is 0.344 e. The van der Waals surface area contributed by atoms with Crippen molar-refractivity contribution in [2.75, 3.05) is 34.2 Å². The van der Waals surface area contributed by atoms with E-state index in [-0.39, 0.29) is 5.41 Å². The van der Waals surface area contributed by atoms with Crippen molar-refractivity contribution in [3.05, 3.63) is 35.9 Å². The van der Waals surface area contributed by atoms with Crippen molar-refractivity contribution in [3.63, 3.8) is 0 Å². The van der Waals surface area contributed by atoms with Crippen LogP contribution in [0, 0.1) is 0 Å². The maximum absolute atomic E-state index is 13.0. The highest BCUT2D eigenvalue weighted by atomic mass is 16.2. The number of hydrogen-bond acceptors (Lipinski definition) is 2. The molecule has 0 aromatic heterocycles. The van der Waals surface area contributed by atoms with Gasteiger partial charge in [0, 0.05) is 20.1 Å². The Morgan fingerprint density at radius 2 is 1.65 bits per heavy atom. The summed E-state index contributed by atoms with van der Waals surface area (Å²) in [5.74, 6) is 0.294. The SMILES string of the molecule is CN(C)CCN(C)C(=O)C1(c2ccccc2)CCCC1. The molecule has 1 aliphatic rings. The van der Waals surface area contributed by atoms with Crippen LogP contribution in [-0.4, -0.2) is 49.9 Å². The van der Waals surface area contributed by atoms with Crippen LogP contribution in [0.15, 0.2) is 30.3 Å². The van der Waals surface area contributed by atoms with E-state index in [1.807, 2.05) is 44.2 Å². The molecular formula is C17H26N2O. The van der Waals surface area contributed by atoms with Crippen molar-refractivity contribution in [1.29, 1.82) is 0 Å². The van der Waals surface area contributed by atoms with E-state index in [4.69, 9.17) is 0 Å². The Morgan fingerprint density at radius 3 is 2.20 bits per heavy atom. The zero-order valence-corrected chi connectivity index (χ0v) is 12.9. The van der Waals surface area contributed by atoms with Gasteiger partial charge in [-0.25, -0.2) is 0 Å². The Morgan fingerprint density at radius 1 is 1.05 bits per heavy atom. The van der Waals surface area contributed by atoms with Crippen LogP contribution in [0.1, 0.15) is 31.2 Å². The first kappa shape index (κ1) is 15.0. The Kier molecular flexibility index (Phi) is 4.81. The molecule has 0 saturated heterocycles. The molecule has 0 N–H and O–H groups in total. The van der Waals surface area contributed by atoms with Crippen molar-refractivity contribution in [2.45, 2.75) is 31.1 Å². The van der Waals surface area contributed by atoms with Crippen LogP contribution in [0.2, 0.25) is 0 Å². The van der Waals surface area contributed by atoms with Crippen LogP contribution >= 0.6 is 0 Å². The number of hydrogen-bond donors (Lipinski definition) is 0. The molecule has 0 atom stereocenters. The third-order valence-corrected chi connectivity index (χ3v) is 4.42. The zero-order chi connectivity index (χ0) is 14.6. The van der Waals surface area contributed by atoms with Crippen LogP contribution in [0.3, 0.4) is 0 Å². The summed E-state index contributed by atoms with van der Waals surface area (Å²) in [4.78, 5) is 17.0. The average Bonchev–Trinajstić information content (AvgIpc) is 2.95. The van der Waals surface area contributed by atoms with Crippen molar-refractivity contribution in [1.82, 2.24) is 9.80 Å². The topological polar surface area (TPSA) is 23.6 Å². The number of amides is 1. The highest BCUT2D eigenvalue weighted by Crippen LogP contribution is 2.42. The molecule has 3 nitrogen and oxygen atoms in total. The van der Waals surface area contributed by atoms with E-state index in [1.54, 1.807) is 0 Å². The Labute approximate surface area is 122 Å². The van der Waals surface area contributed by atoms with E-state index < -0.39 is 0 Å². The maximum atomic E-state index is 13.0. The molecule has 2 rings (SSSR count). The van der Waals surface area contributed by atoms with Gasteiger partial charge in [0.15, 0.2) is 0 Å². The van der Waals surface area contributed by atoms with Crippen molar-refractivity contribution in [3.8, 4) is 0 Å². The quantitative estimate of drug-likeness (QED) is 0.823. The maximum Gasteiger partial charge on any atom is 0.233 e. The van der Waals surface area contributed by atoms with Gasteiger partial charge in [0.2, 0.25) is 5.91 Å². The Bertz CT molecular complexity index is 436. The number of nitrogens with zero attached hydrogens (tertiary/aromatic N) is 2. The van der Waals surface area contributed by atoms with Gasteiger partial charge in [0.1, 0.15) is 0 Å². The van der Waals surface area contributed by atoms with Gasteiger partial charge in [-0.2, -0.15) is 0 Å². The first-order valence-corrected chi connectivity index (χ1v) is 7.52. The molecule has 0 spiro atoms. The predicted octanol–water partition coefficient (Wildman–Crippen LogP) is 2.52. The lowest BCUT2D eigenvalue weighted by molar-refractivity contribution is -0.136. The van der Waals surface area contributed by atoms with Gasteiger partial charge in [-0.05, 0) is 32.5 Å². The summed E-state index contributed by atoms with van der Waals surface area (Å²) < 4.78 is 0. The summed E-state index contributed by atoms with van der Waals surface area (Å²) in [6.07, 6.45) is 4.29. The van der Waals surface area contributed by atoms with Gasteiger partial charge >= 0.3 is 0 Å². The Hall–Kier alpha value is -1.35. The standard InChI is InChI=1S/C17H26N2O/c1-18(2)13-14-19(3)16(20)17(11-7-8-12-17)15-9-5-4-6-10-15/h4-6,9-10H,7-8,11-14H2,1-3H3. The van der Waals surface area contributed by atoms with Gasteiger partial charge < -0.3 is 9.80 Å². The molecule has 1 aromatic rings. The summed E-state index contributed by atoms with van der Waals surface area (Å²) in [5, 5.41) is 0. The second-order valence-corrected chi connectivity index (χ2v) is 6.19. The third-order valence-electron chi connectivity index (χ3n) is 4.42. The molecule has 0 bridgehead atoms. The van der Waals surface area contributed by atoms with Gasteiger partial charge in [0.25, 0.3) is 0 Å². The summed E-state index contributed by atoms with van der Waals surface area (Å²) >= 11 is 0. The van der Waals surface area contributed by atoms with Crippen molar-refractivity contribution in [2.24, 2.45) is 0 Å². The van der Waals surface area contributed by atoms with Crippen LogP contribution in [-0.2, 0) is 10.2 Å². The lowest BCUT2D eigenvalue weighted by Gasteiger charge is -2.33. The van der Waals surface area contributed by atoms with Gasteiger partial charge in [-0.15, -0.1) is 0 Å². The minimum atomic E-state index is -0.275. The summed E-state index contributed by atoms with van der Waals surface area (Å²) in [6, 6.07) is 10.3. The van der Waals surface area contributed by atoms with Crippen LogP contribution < -0.4 is 0 Å². The van der Waals surface area contributed by atoms with Crippen LogP contribution in [0.5, 0.6) is 0 Å². The minimum absolute atomic E-state index is 0.275. The number of benzene rings is 1. The average molecular weight is 274 g/mol. The van der Waals surface area contributed by atoms with Gasteiger partial charge in [-0.1, -0.05) is 43.2 Å². The first-order valence-electron chi connectivity index (χ1n) is 7.52. The van der Waals surface area contributed by atoms with Crippen LogP contribution in [0.25, 0.3) is 0 Å². The number of carbonyl (C=O) groups is 1. The van der Waals surface area contributed by atoms with Crippen molar-refractivity contribution < 1.29 is 4.79 Å². The molecule has 0 heterocycles. The van der Waals surface area contributed by atoms with E-state index >= 15 is 0 Å². The van der Waals surface area contributed by atoms with Gasteiger partial charge in [-0.3, -0.25) is 4.79 Å². The summed E-state index contributed by atoms with van der Waals surface area (Å²) in [6.45, 7) is 1.70. The molecule has 1 fully saturated rings. The van der Waals surface area contributed by atoms with E-state index in [2.05, 4.69) is 17.0 Å². The predicted molar refractivity (Wildman–Crippen MR) is 82.8 cm³/mol. The fourth-order valence-electron chi connectivity index (χ4n) is 3.18. The van der Waals surface area contributed by atoms with E-state index in [0.29, 0.717) is 5.91 Å². The highest BCUT2D eigenvalue weighted by molar-refractivity contribution is 5.88. The smallest absolute Gasteiger partial charge is 0.233 e. The molecule has 1 saturated carbocycles. The van der Waals surface area contributed by atoms with Crippen LogP contribution in [0.4, 0.5) is 0 Å². The lowest BCUT2D eigenvalue weighted by atomic mass is 9.77. The highest BCUT2D eigenvalue weighted by Gasteiger charge is 2.43. The molecule has 110 valence electrons. The lowest BCUT2D eigenvalue weighted by Crippen LogP contribution is -2.45. The zero-order valence-electron chi connectivity index (χ0n) is 12.9. The normalized spacial score (nSPS) is 17.4. The van der Waals surface area contributed by atoms with E-state index in [0.717, 1.165) is 38.8 Å². The molecule has 1 aliphatic carbocycles. The fourth-order valence-corrected chi connectivity index (χ4v) is 3.18. The minimum Gasteiger partial charge on any atom is -0.344 e.